The summed E-state index contributed by atoms with van der Waals surface area (Å²) in [6, 6.07) is 18.7. The number of para-hydroxylation sites is 1. The topological polar surface area (TPSA) is 82.7 Å². The number of carbonyl (C=O) groups excluding carboxylic acids is 1. The highest BCUT2D eigenvalue weighted by atomic mass is 35.5. The van der Waals surface area contributed by atoms with Crippen molar-refractivity contribution in [2.75, 3.05) is 14.2 Å². The van der Waals surface area contributed by atoms with Crippen LogP contribution in [0.2, 0.25) is 5.02 Å². The normalized spacial score (nSPS) is 10.9. The van der Waals surface area contributed by atoms with Crippen molar-refractivity contribution in [3.63, 3.8) is 0 Å². The Morgan fingerprint density at radius 3 is 2.54 bits per heavy atom. The number of fused-ring (bicyclic) bond motifs is 1. The molecule has 0 spiro atoms. The molecule has 3 aromatic heterocycles. The van der Waals surface area contributed by atoms with Gasteiger partial charge in [0.2, 0.25) is 0 Å². The molecule has 0 saturated heterocycles. The van der Waals surface area contributed by atoms with E-state index >= 15 is 0 Å². The number of nitrogens with zero attached hydrogens (tertiary/aromatic N) is 4. The smallest absolute Gasteiger partial charge is 0.255 e. The zero-order valence-electron chi connectivity index (χ0n) is 19.1. The molecule has 2 aromatic carbocycles. The summed E-state index contributed by atoms with van der Waals surface area (Å²) in [6.45, 7) is 0.250. The van der Waals surface area contributed by atoms with Gasteiger partial charge in [0, 0.05) is 24.2 Å². The number of benzene rings is 2. The predicted octanol–water partition coefficient (Wildman–Crippen LogP) is 4.79. The first-order chi connectivity index (χ1) is 17.1. The third-order valence-electron chi connectivity index (χ3n) is 5.53. The van der Waals surface area contributed by atoms with Crippen molar-refractivity contribution in [3.8, 4) is 28.4 Å². The molecule has 0 fully saturated rings. The zero-order chi connectivity index (χ0) is 24.4. The van der Waals surface area contributed by atoms with Crippen LogP contribution >= 0.6 is 11.6 Å². The van der Waals surface area contributed by atoms with Gasteiger partial charge in [-0.3, -0.25) is 4.79 Å². The lowest BCUT2D eigenvalue weighted by atomic mass is 10.1. The number of ether oxygens (including phenoxy) is 2. The van der Waals surface area contributed by atoms with E-state index in [1.807, 2.05) is 53.1 Å². The van der Waals surface area contributed by atoms with Crippen LogP contribution in [0.5, 0.6) is 11.5 Å². The van der Waals surface area contributed by atoms with Gasteiger partial charge in [-0.05, 0) is 42.5 Å². The number of imidazole rings is 1. The Bertz CT molecular complexity index is 1510. The number of aromatic nitrogens is 4. The lowest BCUT2D eigenvalue weighted by Crippen LogP contribution is -2.23. The van der Waals surface area contributed by atoms with E-state index in [0.717, 1.165) is 16.9 Å². The Labute approximate surface area is 206 Å². The van der Waals surface area contributed by atoms with E-state index < -0.39 is 0 Å². The van der Waals surface area contributed by atoms with Crippen molar-refractivity contribution in [2.24, 2.45) is 0 Å². The molecule has 0 aliphatic carbocycles. The second-order valence-electron chi connectivity index (χ2n) is 7.77. The summed E-state index contributed by atoms with van der Waals surface area (Å²) in [5.41, 5.74) is 3.97. The van der Waals surface area contributed by atoms with Gasteiger partial charge >= 0.3 is 0 Å². The fourth-order valence-corrected chi connectivity index (χ4v) is 3.99. The molecule has 0 bridgehead atoms. The molecule has 1 N–H and O–H groups in total. The Morgan fingerprint density at radius 2 is 1.77 bits per heavy atom. The Kier molecular flexibility index (Phi) is 6.12. The molecule has 3 heterocycles. The number of carbonyl (C=O) groups is 1. The number of pyridine rings is 1. The summed E-state index contributed by atoms with van der Waals surface area (Å²) in [7, 11) is 3.15. The molecule has 0 radical (unpaired) electrons. The van der Waals surface area contributed by atoms with Crippen molar-refractivity contribution in [1.29, 1.82) is 0 Å². The summed E-state index contributed by atoms with van der Waals surface area (Å²) in [5.74, 6) is 0.873. The Hall–Kier alpha value is -4.30. The third-order valence-corrected chi connectivity index (χ3v) is 5.76. The highest BCUT2D eigenvalue weighted by molar-refractivity contribution is 6.30. The number of rotatable bonds is 7. The van der Waals surface area contributed by atoms with E-state index in [2.05, 4.69) is 10.3 Å². The average molecular weight is 488 g/mol. The molecule has 176 valence electrons. The van der Waals surface area contributed by atoms with Gasteiger partial charge in [0.1, 0.15) is 11.3 Å². The molecule has 0 aliphatic heterocycles. The second kappa shape index (κ2) is 9.52. The molecular weight excluding hydrogens is 466 g/mol. The van der Waals surface area contributed by atoms with Gasteiger partial charge in [-0.1, -0.05) is 29.8 Å². The van der Waals surface area contributed by atoms with Crippen LogP contribution in [0.3, 0.4) is 0 Å². The first-order valence-electron chi connectivity index (χ1n) is 10.8. The van der Waals surface area contributed by atoms with Crippen LogP contribution < -0.4 is 14.8 Å². The van der Waals surface area contributed by atoms with Crippen LogP contribution in [0.15, 0.2) is 79.3 Å². The van der Waals surface area contributed by atoms with Crippen molar-refractivity contribution in [1.82, 2.24) is 24.5 Å². The third kappa shape index (κ3) is 4.56. The van der Waals surface area contributed by atoms with Crippen LogP contribution in [0, 0.1) is 0 Å². The minimum absolute atomic E-state index is 0.250. The number of hydrogen-bond acceptors (Lipinski definition) is 5. The van der Waals surface area contributed by atoms with E-state index in [1.165, 1.54) is 0 Å². The molecular formula is C26H22ClN5O3. The van der Waals surface area contributed by atoms with E-state index in [1.54, 1.807) is 49.5 Å². The Morgan fingerprint density at radius 1 is 0.971 bits per heavy atom. The van der Waals surface area contributed by atoms with Crippen molar-refractivity contribution in [2.45, 2.75) is 6.54 Å². The summed E-state index contributed by atoms with van der Waals surface area (Å²) < 4.78 is 14.3. The van der Waals surface area contributed by atoms with E-state index in [-0.39, 0.29) is 12.5 Å². The minimum atomic E-state index is -0.271. The summed E-state index contributed by atoms with van der Waals surface area (Å²) in [6.07, 6.45) is 5.33. The lowest BCUT2D eigenvalue weighted by Gasteiger charge is -2.09. The number of halogens is 1. The summed E-state index contributed by atoms with van der Waals surface area (Å²) in [5, 5.41) is 8.30. The average Bonchev–Trinajstić information content (AvgIpc) is 3.51. The number of nitrogens with one attached hydrogen (secondary N) is 1. The molecule has 0 atom stereocenters. The highest BCUT2D eigenvalue weighted by Crippen LogP contribution is 2.33. The highest BCUT2D eigenvalue weighted by Gasteiger charge is 2.20. The molecule has 0 saturated carbocycles. The number of hydrogen-bond donors (Lipinski definition) is 1. The minimum Gasteiger partial charge on any atom is -0.493 e. The maximum absolute atomic E-state index is 13.3. The van der Waals surface area contributed by atoms with Crippen molar-refractivity contribution < 1.29 is 14.3 Å². The van der Waals surface area contributed by atoms with Gasteiger partial charge in [-0.25, -0.2) is 9.67 Å². The molecule has 5 aromatic rings. The van der Waals surface area contributed by atoms with Crippen molar-refractivity contribution >= 4 is 23.2 Å². The van der Waals surface area contributed by atoms with Gasteiger partial charge in [0.15, 0.2) is 11.5 Å². The maximum Gasteiger partial charge on any atom is 0.255 e. The first-order valence-corrected chi connectivity index (χ1v) is 11.2. The largest absolute Gasteiger partial charge is 0.493 e. The van der Waals surface area contributed by atoms with Crippen LogP contribution in [-0.2, 0) is 6.54 Å². The molecule has 9 heteroatoms. The fraction of sp³-hybridized carbons (Fsp3) is 0.115. The first kappa shape index (κ1) is 22.5. The molecule has 35 heavy (non-hydrogen) atoms. The van der Waals surface area contributed by atoms with E-state index in [4.69, 9.17) is 26.2 Å². The van der Waals surface area contributed by atoms with Crippen LogP contribution in [-0.4, -0.2) is 39.3 Å². The van der Waals surface area contributed by atoms with Gasteiger partial charge < -0.3 is 19.2 Å². The second-order valence-corrected chi connectivity index (χ2v) is 8.21. The number of amides is 1. The van der Waals surface area contributed by atoms with Crippen LogP contribution in [0.4, 0.5) is 0 Å². The maximum atomic E-state index is 13.3. The summed E-state index contributed by atoms with van der Waals surface area (Å²) in [4.78, 5) is 17.9. The zero-order valence-corrected chi connectivity index (χ0v) is 19.9. The number of methoxy groups -OCH3 is 2. The summed E-state index contributed by atoms with van der Waals surface area (Å²) >= 11 is 6.06. The Balaban J connectivity index is 1.48. The standard InChI is InChI=1S/C26H22ClN5O3/c1-34-22-10-8-17(12-23(22)35-2)25-21(16-32(30-25)20-6-4-3-5-7-20)26(33)28-13-19-15-31-14-18(27)9-11-24(31)29-19/h3-12,14-16H,13H2,1-2H3,(H,28,33). The molecule has 0 aliphatic rings. The predicted molar refractivity (Wildman–Crippen MR) is 133 cm³/mol. The van der Waals surface area contributed by atoms with Crippen molar-refractivity contribution in [3.05, 3.63) is 95.5 Å². The monoisotopic (exact) mass is 487 g/mol. The SMILES string of the molecule is COc1ccc(-c2nn(-c3ccccc3)cc2C(=O)NCc2cn3cc(Cl)ccc3n2)cc1OC. The molecule has 8 nitrogen and oxygen atoms in total. The molecule has 0 unspecified atom stereocenters. The van der Waals surface area contributed by atoms with Gasteiger partial charge in [0.05, 0.1) is 42.7 Å². The van der Waals surface area contributed by atoms with Gasteiger partial charge in [-0.15, -0.1) is 0 Å². The van der Waals surface area contributed by atoms with E-state index in [9.17, 15) is 4.79 Å². The fourth-order valence-electron chi connectivity index (χ4n) is 3.82. The quantitative estimate of drug-likeness (QED) is 0.357. The van der Waals surface area contributed by atoms with Gasteiger partial charge in [-0.2, -0.15) is 5.10 Å². The molecule has 1 amide bonds. The van der Waals surface area contributed by atoms with Crippen LogP contribution in [0.1, 0.15) is 16.1 Å². The van der Waals surface area contributed by atoms with Crippen LogP contribution in [0.25, 0.3) is 22.6 Å². The molecule has 5 rings (SSSR count). The van der Waals surface area contributed by atoms with Gasteiger partial charge in [0.25, 0.3) is 5.91 Å². The van der Waals surface area contributed by atoms with E-state index in [0.29, 0.717) is 33.5 Å². The lowest BCUT2D eigenvalue weighted by molar-refractivity contribution is 0.0951.